The van der Waals surface area contributed by atoms with E-state index in [2.05, 4.69) is 45.5 Å². The molecule has 0 N–H and O–H groups in total. The summed E-state index contributed by atoms with van der Waals surface area (Å²) in [4.78, 5) is 4.37. The molecule has 0 aromatic carbocycles. The third-order valence-electron chi connectivity index (χ3n) is 3.78. The van der Waals surface area contributed by atoms with Crippen molar-refractivity contribution in [2.24, 2.45) is 11.8 Å². The van der Waals surface area contributed by atoms with E-state index in [1.54, 1.807) is 0 Å². The standard InChI is InChI=1S/C12H19BrN2/c1-9-3-4-12(5-10(9)2)15-7-11(6-13)14-8-15/h7-10,12H,3-6H2,1-2H3. The normalized spacial score (nSPS) is 31.8. The van der Waals surface area contributed by atoms with Gasteiger partial charge in [0.1, 0.15) is 0 Å². The molecule has 0 amide bonds. The lowest BCUT2D eigenvalue weighted by molar-refractivity contribution is 0.210. The molecule has 3 atom stereocenters. The third-order valence-corrected chi connectivity index (χ3v) is 4.36. The lowest BCUT2D eigenvalue weighted by Crippen LogP contribution is -2.22. The molecule has 2 rings (SSSR count). The van der Waals surface area contributed by atoms with Crippen LogP contribution in [0.15, 0.2) is 12.5 Å². The van der Waals surface area contributed by atoms with Crippen LogP contribution in [0.4, 0.5) is 0 Å². The second-order valence-electron chi connectivity index (χ2n) is 4.87. The van der Waals surface area contributed by atoms with Crippen molar-refractivity contribution in [1.82, 2.24) is 9.55 Å². The van der Waals surface area contributed by atoms with Crippen LogP contribution < -0.4 is 0 Å². The van der Waals surface area contributed by atoms with Crippen molar-refractivity contribution in [3.8, 4) is 0 Å². The molecule has 1 aliphatic carbocycles. The Morgan fingerprint density at radius 2 is 2.20 bits per heavy atom. The first-order valence-corrected chi connectivity index (χ1v) is 6.91. The van der Waals surface area contributed by atoms with Gasteiger partial charge in [-0.15, -0.1) is 0 Å². The molecule has 1 saturated carbocycles. The minimum absolute atomic E-state index is 0.677. The fraction of sp³-hybridized carbons (Fsp3) is 0.750. The lowest BCUT2D eigenvalue weighted by atomic mass is 9.79. The highest BCUT2D eigenvalue weighted by atomic mass is 79.9. The fourth-order valence-electron chi connectivity index (χ4n) is 2.44. The number of nitrogens with zero attached hydrogens (tertiary/aromatic N) is 2. The van der Waals surface area contributed by atoms with Crippen molar-refractivity contribution >= 4 is 15.9 Å². The van der Waals surface area contributed by atoms with Gasteiger partial charge in [0.25, 0.3) is 0 Å². The Labute approximate surface area is 100 Å². The summed E-state index contributed by atoms with van der Waals surface area (Å²) in [5, 5.41) is 0.860. The van der Waals surface area contributed by atoms with E-state index >= 15 is 0 Å². The first kappa shape index (κ1) is 11.2. The van der Waals surface area contributed by atoms with Crippen LogP contribution in [-0.2, 0) is 5.33 Å². The molecule has 3 unspecified atom stereocenters. The predicted octanol–water partition coefficient (Wildman–Crippen LogP) is 3.78. The van der Waals surface area contributed by atoms with E-state index in [0.717, 1.165) is 22.9 Å². The van der Waals surface area contributed by atoms with Crippen molar-refractivity contribution in [2.45, 2.75) is 44.5 Å². The Morgan fingerprint density at radius 3 is 2.80 bits per heavy atom. The van der Waals surface area contributed by atoms with Crippen LogP contribution in [0.3, 0.4) is 0 Å². The van der Waals surface area contributed by atoms with E-state index in [1.807, 2.05) is 6.33 Å². The van der Waals surface area contributed by atoms with Crippen LogP contribution in [0, 0.1) is 11.8 Å². The molecule has 0 aliphatic heterocycles. The Balaban J connectivity index is 2.05. The van der Waals surface area contributed by atoms with Crippen molar-refractivity contribution in [3.63, 3.8) is 0 Å². The maximum absolute atomic E-state index is 4.37. The molecule has 1 aliphatic rings. The van der Waals surface area contributed by atoms with Gasteiger partial charge in [0, 0.05) is 17.6 Å². The zero-order valence-electron chi connectivity index (χ0n) is 9.49. The molecule has 0 radical (unpaired) electrons. The second kappa shape index (κ2) is 4.69. The van der Waals surface area contributed by atoms with Crippen LogP contribution in [0.1, 0.15) is 44.8 Å². The molecule has 84 valence electrons. The van der Waals surface area contributed by atoms with Crippen LogP contribution in [0.25, 0.3) is 0 Å². The van der Waals surface area contributed by atoms with E-state index in [-0.39, 0.29) is 0 Å². The molecule has 15 heavy (non-hydrogen) atoms. The van der Waals surface area contributed by atoms with Crippen molar-refractivity contribution in [3.05, 3.63) is 18.2 Å². The topological polar surface area (TPSA) is 17.8 Å². The highest BCUT2D eigenvalue weighted by Crippen LogP contribution is 2.36. The molecule has 1 aromatic rings. The number of aromatic nitrogens is 2. The quantitative estimate of drug-likeness (QED) is 0.748. The number of hydrogen-bond donors (Lipinski definition) is 0. The Hall–Kier alpha value is -0.310. The van der Waals surface area contributed by atoms with E-state index in [0.29, 0.717) is 6.04 Å². The maximum atomic E-state index is 4.37. The van der Waals surface area contributed by atoms with Gasteiger partial charge in [0.2, 0.25) is 0 Å². The summed E-state index contributed by atoms with van der Waals surface area (Å²) in [5.74, 6) is 1.74. The molecule has 0 spiro atoms. The number of alkyl halides is 1. The Bertz CT molecular complexity index is 321. The van der Waals surface area contributed by atoms with Crippen molar-refractivity contribution in [2.75, 3.05) is 0 Å². The minimum atomic E-state index is 0.677. The van der Waals surface area contributed by atoms with Gasteiger partial charge >= 0.3 is 0 Å². The molecule has 1 fully saturated rings. The summed E-state index contributed by atoms with van der Waals surface area (Å²) >= 11 is 3.44. The molecule has 1 heterocycles. The smallest absolute Gasteiger partial charge is 0.0952 e. The van der Waals surface area contributed by atoms with Gasteiger partial charge in [0.05, 0.1) is 12.0 Å². The fourth-order valence-corrected chi connectivity index (χ4v) is 2.73. The van der Waals surface area contributed by atoms with Crippen LogP contribution in [0.2, 0.25) is 0 Å². The Morgan fingerprint density at radius 1 is 1.40 bits per heavy atom. The summed E-state index contributed by atoms with van der Waals surface area (Å²) in [6, 6.07) is 0.677. The van der Waals surface area contributed by atoms with Crippen molar-refractivity contribution < 1.29 is 0 Å². The van der Waals surface area contributed by atoms with E-state index in [4.69, 9.17) is 0 Å². The van der Waals surface area contributed by atoms with E-state index < -0.39 is 0 Å². The zero-order valence-corrected chi connectivity index (χ0v) is 11.1. The van der Waals surface area contributed by atoms with Crippen LogP contribution in [0.5, 0.6) is 0 Å². The highest BCUT2D eigenvalue weighted by molar-refractivity contribution is 9.08. The zero-order chi connectivity index (χ0) is 10.8. The molecule has 1 aromatic heterocycles. The molecular weight excluding hydrogens is 252 g/mol. The lowest BCUT2D eigenvalue weighted by Gasteiger charge is -2.32. The summed E-state index contributed by atoms with van der Waals surface area (Å²) in [6.07, 6.45) is 8.14. The van der Waals surface area contributed by atoms with E-state index in [9.17, 15) is 0 Å². The van der Waals surface area contributed by atoms with Crippen LogP contribution >= 0.6 is 15.9 Å². The average molecular weight is 271 g/mol. The SMILES string of the molecule is CC1CCC(n2cnc(CBr)c2)CC1C. The largest absolute Gasteiger partial charge is 0.334 e. The van der Waals surface area contributed by atoms with Crippen LogP contribution in [-0.4, -0.2) is 9.55 Å². The monoisotopic (exact) mass is 270 g/mol. The second-order valence-corrected chi connectivity index (χ2v) is 5.43. The number of hydrogen-bond acceptors (Lipinski definition) is 1. The summed E-state index contributed by atoms with van der Waals surface area (Å²) < 4.78 is 2.30. The molecule has 0 bridgehead atoms. The first-order chi connectivity index (χ1) is 7.20. The number of imidazole rings is 1. The highest BCUT2D eigenvalue weighted by Gasteiger charge is 2.25. The summed E-state index contributed by atoms with van der Waals surface area (Å²) in [5.41, 5.74) is 1.14. The Kier molecular flexibility index (Phi) is 3.49. The van der Waals surface area contributed by atoms with Gasteiger partial charge in [-0.2, -0.15) is 0 Å². The van der Waals surface area contributed by atoms with E-state index in [1.165, 1.54) is 19.3 Å². The third kappa shape index (κ3) is 2.44. The summed E-state index contributed by atoms with van der Waals surface area (Å²) in [6.45, 7) is 4.75. The van der Waals surface area contributed by atoms with Gasteiger partial charge in [-0.25, -0.2) is 4.98 Å². The summed E-state index contributed by atoms with van der Waals surface area (Å²) in [7, 11) is 0. The van der Waals surface area contributed by atoms with Crippen molar-refractivity contribution in [1.29, 1.82) is 0 Å². The maximum Gasteiger partial charge on any atom is 0.0952 e. The van der Waals surface area contributed by atoms with Gasteiger partial charge in [0.15, 0.2) is 0 Å². The average Bonchev–Trinajstić information content (AvgIpc) is 2.70. The van der Waals surface area contributed by atoms with Gasteiger partial charge in [-0.3, -0.25) is 0 Å². The molecule has 2 nitrogen and oxygen atoms in total. The molecular formula is C12H19BrN2. The van der Waals surface area contributed by atoms with Gasteiger partial charge < -0.3 is 4.57 Å². The number of halogens is 1. The predicted molar refractivity (Wildman–Crippen MR) is 66.1 cm³/mol. The minimum Gasteiger partial charge on any atom is -0.334 e. The van der Waals surface area contributed by atoms with Gasteiger partial charge in [-0.1, -0.05) is 29.8 Å². The molecule has 3 heteroatoms. The van der Waals surface area contributed by atoms with Gasteiger partial charge in [-0.05, 0) is 31.1 Å². The molecule has 0 saturated heterocycles. The first-order valence-electron chi connectivity index (χ1n) is 5.79. The number of rotatable bonds is 2.